The van der Waals surface area contributed by atoms with Gasteiger partial charge in [-0.3, -0.25) is 0 Å². The molecule has 0 atom stereocenters. The number of hydrogen-bond donors (Lipinski definition) is 0. The molecule has 0 spiro atoms. The third-order valence-electron chi connectivity index (χ3n) is 2.62. The van der Waals surface area contributed by atoms with Crippen LogP contribution in [0.5, 0.6) is 0 Å². The van der Waals surface area contributed by atoms with Crippen molar-refractivity contribution in [2.24, 2.45) is 5.41 Å². The van der Waals surface area contributed by atoms with Gasteiger partial charge in [-0.05, 0) is 0 Å². The topological polar surface area (TPSA) is 34.1 Å². The number of halogens is 3. The van der Waals surface area contributed by atoms with Crippen molar-refractivity contribution in [1.29, 1.82) is 0 Å². The molecule has 0 saturated heterocycles. The number of hydrogen-bond acceptors (Lipinski definition) is 2. The van der Waals surface area contributed by atoms with Crippen molar-refractivity contribution in [3.05, 3.63) is 35.4 Å². The molecule has 0 amide bonds. The first-order chi connectivity index (χ1) is 9.01. The van der Waals surface area contributed by atoms with E-state index in [2.05, 4.69) is 0 Å². The Morgan fingerprint density at radius 1 is 1.05 bits per heavy atom. The van der Waals surface area contributed by atoms with Gasteiger partial charge in [-0.1, -0.05) is 0 Å². The summed E-state index contributed by atoms with van der Waals surface area (Å²) in [6, 6.07) is 4.09. The van der Waals surface area contributed by atoms with E-state index in [-0.39, 0.29) is 21.3 Å². The van der Waals surface area contributed by atoms with Crippen LogP contribution < -0.4 is 0 Å². The van der Waals surface area contributed by atoms with E-state index in [1.165, 1.54) is 0 Å². The van der Waals surface area contributed by atoms with Crippen LogP contribution in [0.4, 0.5) is 13.2 Å². The van der Waals surface area contributed by atoms with Crippen molar-refractivity contribution >= 4 is 25.4 Å². The molecule has 0 saturated carbocycles. The van der Waals surface area contributed by atoms with Crippen molar-refractivity contribution in [3.8, 4) is 0 Å². The summed E-state index contributed by atoms with van der Waals surface area (Å²) >= 11 is -0.579. The maximum absolute atomic E-state index is 12.4. The molecule has 0 aliphatic carbocycles. The van der Waals surface area contributed by atoms with Crippen LogP contribution in [0.25, 0.3) is 0 Å². The summed E-state index contributed by atoms with van der Waals surface area (Å²) in [5.74, 6) is -0.0160. The fraction of sp³-hybridized carbons (Fsp3) is 0.429. The Morgan fingerprint density at radius 3 is 1.95 bits per heavy atom. The molecule has 0 bridgehead atoms. The normalized spacial score (nSPS) is 12.3. The number of Topliss-reactive ketones (excluding diaryl/α,β-unsaturated/α-hetero) is 1. The van der Waals surface area contributed by atoms with E-state index < -0.39 is 32.1 Å². The Balaban J connectivity index is 2.68. The maximum atomic E-state index is 12.4. The molecule has 0 unspecified atom stereocenters. The summed E-state index contributed by atoms with van der Waals surface area (Å²) in [7, 11) is 0. The third-order valence-corrected chi connectivity index (χ3v) is 4.52. The van der Waals surface area contributed by atoms with Gasteiger partial charge in [0, 0.05) is 0 Å². The minimum absolute atomic E-state index is 0.0160. The monoisotopic (exact) mass is 352 g/mol. The van der Waals surface area contributed by atoms with E-state index in [0.29, 0.717) is 0 Å². The molecule has 1 rings (SSSR count). The van der Waals surface area contributed by atoms with Crippen molar-refractivity contribution < 1.29 is 22.8 Å². The first-order valence-corrected chi connectivity index (χ1v) is 7.96. The zero-order valence-corrected chi connectivity index (χ0v) is 13.1. The summed E-state index contributed by atoms with van der Waals surface area (Å²) in [6.07, 6.45) is -4.41. The molecule has 0 N–H and O–H groups in total. The van der Waals surface area contributed by atoms with Crippen LogP contribution in [0.15, 0.2) is 24.3 Å². The molecule has 0 fully saturated rings. The molecule has 6 heteroatoms. The van der Waals surface area contributed by atoms with E-state index in [4.69, 9.17) is 0 Å². The SMILES string of the molecule is CC(C)(C)C(=O)C[Se]C(=O)c1ccc(C(F)(F)F)cc1. The summed E-state index contributed by atoms with van der Waals surface area (Å²) in [5.41, 5.74) is -1.06. The Labute approximate surface area is 121 Å². The third kappa shape index (κ3) is 4.76. The summed E-state index contributed by atoms with van der Waals surface area (Å²) in [6.45, 7) is 5.32. The quantitative estimate of drug-likeness (QED) is 0.777. The van der Waals surface area contributed by atoms with Crippen LogP contribution in [0, 0.1) is 5.41 Å². The average Bonchev–Trinajstić information content (AvgIpc) is 2.33. The van der Waals surface area contributed by atoms with Crippen LogP contribution in [0.1, 0.15) is 36.7 Å². The van der Waals surface area contributed by atoms with Crippen molar-refractivity contribution in [1.82, 2.24) is 0 Å². The van der Waals surface area contributed by atoms with Gasteiger partial charge in [-0.25, -0.2) is 0 Å². The molecule has 110 valence electrons. The second kappa shape index (κ2) is 6.10. The van der Waals surface area contributed by atoms with Gasteiger partial charge in [0.2, 0.25) is 0 Å². The molecule has 0 heterocycles. The summed E-state index contributed by atoms with van der Waals surface area (Å²) in [4.78, 5) is 23.5. The molecular weight excluding hydrogens is 336 g/mol. The average molecular weight is 351 g/mol. The molecule has 0 aliphatic rings. The zero-order valence-electron chi connectivity index (χ0n) is 11.4. The fourth-order valence-electron chi connectivity index (χ4n) is 1.23. The van der Waals surface area contributed by atoms with Gasteiger partial charge < -0.3 is 0 Å². The van der Waals surface area contributed by atoms with Gasteiger partial charge in [-0.2, -0.15) is 0 Å². The second-order valence-electron chi connectivity index (χ2n) is 5.32. The van der Waals surface area contributed by atoms with E-state index in [1.807, 2.05) is 0 Å². The summed E-state index contributed by atoms with van der Waals surface area (Å²) < 4.78 is 36.9. The molecule has 0 radical (unpaired) electrons. The molecule has 1 aromatic carbocycles. The molecule has 0 aromatic heterocycles. The predicted molar refractivity (Wildman–Crippen MR) is 70.8 cm³/mol. The predicted octanol–water partition coefficient (Wildman–Crippen LogP) is 3.58. The second-order valence-corrected chi connectivity index (χ2v) is 7.31. The van der Waals surface area contributed by atoms with E-state index in [9.17, 15) is 22.8 Å². The van der Waals surface area contributed by atoms with Gasteiger partial charge in [0.1, 0.15) is 0 Å². The van der Waals surface area contributed by atoms with Gasteiger partial charge in [-0.15, -0.1) is 0 Å². The Hall–Kier alpha value is -1.13. The Kier molecular flexibility index (Phi) is 5.16. The van der Waals surface area contributed by atoms with Gasteiger partial charge in [0.25, 0.3) is 0 Å². The number of carbonyl (C=O) groups excluding carboxylic acids is 2. The standard InChI is InChI=1S/C14H15F3O2Se/c1-13(2,3)11(18)8-20-12(19)9-4-6-10(7-5-9)14(15,16)17/h4-7H,8H2,1-3H3. The van der Waals surface area contributed by atoms with Crippen molar-refractivity contribution in [3.63, 3.8) is 0 Å². The van der Waals surface area contributed by atoms with Gasteiger partial charge in [0.05, 0.1) is 0 Å². The van der Waals surface area contributed by atoms with Crippen LogP contribution in [-0.2, 0) is 11.0 Å². The van der Waals surface area contributed by atoms with Gasteiger partial charge >= 0.3 is 121 Å². The van der Waals surface area contributed by atoms with Crippen LogP contribution in [0.2, 0.25) is 5.32 Å². The van der Waals surface area contributed by atoms with Gasteiger partial charge in [0.15, 0.2) is 0 Å². The first kappa shape index (κ1) is 16.9. The summed E-state index contributed by atoms with van der Waals surface area (Å²) in [5, 5.41) is 0.163. The number of benzene rings is 1. The van der Waals surface area contributed by atoms with Crippen LogP contribution >= 0.6 is 0 Å². The Bertz CT molecular complexity index is 499. The fourth-order valence-corrected chi connectivity index (χ4v) is 3.32. The molecule has 2 nitrogen and oxygen atoms in total. The molecule has 0 aliphatic heterocycles. The molecule has 1 aromatic rings. The number of alkyl halides is 3. The molecular formula is C14H15F3O2Se. The zero-order chi connectivity index (χ0) is 15.6. The first-order valence-electron chi connectivity index (χ1n) is 5.89. The van der Waals surface area contributed by atoms with E-state index >= 15 is 0 Å². The number of rotatable bonds is 4. The van der Waals surface area contributed by atoms with E-state index in [0.717, 1.165) is 24.3 Å². The number of carbonyl (C=O) groups is 2. The van der Waals surface area contributed by atoms with Crippen LogP contribution in [-0.4, -0.2) is 25.4 Å². The van der Waals surface area contributed by atoms with Crippen LogP contribution in [0.3, 0.4) is 0 Å². The van der Waals surface area contributed by atoms with Crippen molar-refractivity contribution in [2.75, 3.05) is 0 Å². The number of ketones is 1. The Morgan fingerprint density at radius 2 is 1.55 bits per heavy atom. The van der Waals surface area contributed by atoms with E-state index in [1.54, 1.807) is 20.8 Å². The van der Waals surface area contributed by atoms with Crippen molar-refractivity contribution in [2.45, 2.75) is 32.3 Å². The minimum atomic E-state index is -4.41. The molecule has 20 heavy (non-hydrogen) atoms.